The Morgan fingerprint density at radius 3 is 1.81 bits per heavy atom. The van der Waals surface area contributed by atoms with E-state index >= 15 is 0 Å². The SMILES string of the molecule is CCC1(CC)c2cc(-c3nccc4ccccc34)ccc2-c2ccc(N(c3ccc(C)cc3)c3ccc(C)cc3)cc21. The van der Waals surface area contributed by atoms with Crippen LogP contribution in [0.15, 0.2) is 121 Å². The third kappa shape index (κ3) is 4.13. The Kier molecular flexibility index (Phi) is 6.43. The van der Waals surface area contributed by atoms with Crippen LogP contribution in [0.4, 0.5) is 17.1 Å². The predicted octanol–water partition coefficient (Wildman–Crippen LogP) is 11.1. The minimum atomic E-state index is -0.0620. The fraction of sp³-hybridized carbons (Fsp3) is 0.175. The Labute approximate surface area is 249 Å². The number of hydrogen-bond acceptors (Lipinski definition) is 2. The molecule has 0 unspecified atom stereocenters. The van der Waals surface area contributed by atoms with Crippen LogP contribution in [0.3, 0.4) is 0 Å². The fourth-order valence-electron chi connectivity index (χ4n) is 6.97. The summed E-state index contributed by atoms with van der Waals surface area (Å²) in [6.45, 7) is 8.97. The first kappa shape index (κ1) is 26.2. The zero-order valence-corrected chi connectivity index (χ0v) is 24.9. The van der Waals surface area contributed by atoms with Gasteiger partial charge in [0.05, 0.1) is 5.69 Å². The standard InChI is InChI=1S/C40H36N2/c1-5-40(6-2)37-25-30(39-34-10-8-7-9-29(34)23-24-41-39)15-21-35(37)36-22-20-33(26-38(36)40)42(31-16-11-27(3)12-17-31)32-18-13-28(4)14-19-32/h7-26H,5-6H2,1-4H3. The lowest BCUT2D eigenvalue weighted by atomic mass is 9.73. The molecule has 0 saturated heterocycles. The highest BCUT2D eigenvalue weighted by molar-refractivity contribution is 5.96. The molecule has 5 aromatic carbocycles. The summed E-state index contributed by atoms with van der Waals surface area (Å²) < 4.78 is 0. The molecule has 0 fully saturated rings. The van der Waals surface area contributed by atoms with Crippen LogP contribution in [-0.2, 0) is 5.41 Å². The zero-order chi connectivity index (χ0) is 28.8. The lowest BCUT2D eigenvalue weighted by Crippen LogP contribution is -2.23. The van der Waals surface area contributed by atoms with E-state index in [2.05, 4.69) is 148 Å². The maximum absolute atomic E-state index is 4.86. The van der Waals surface area contributed by atoms with Gasteiger partial charge < -0.3 is 4.90 Å². The molecule has 1 aliphatic carbocycles. The van der Waals surface area contributed by atoms with Crippen LogP contribution < -0.4 is 4.90 Å². The summed E-state index contributed by atoms with van der Waals surface area (Å²) in [4.78, 5) is 7.25. The average Bonchev–Trinajstić information content (AvgIpc) is 3.31. The van der Waals surface area contributed by atoms with E-state index < -0.39 is 0 Å². The van der Waals surface area contributed by atoms with Crippen LogP contribution in [0.1, 0.15) is 48.9 Å². The number of fused-ring (bicyclic) bond motifs is 4. The molecule has 0 radical (unpaired) electrons. The van der Waals surface area contributed by atoms with Crippen molar-refractivity contribution >= 4 is 27.8 Å². The Bertz CT molecular complexity index is 1860. The van der Waals surface area contributed by atoms with E-state index in [0.29, 0.717) is 0 Å². The second kappa shape index (κ2) is 10.3. The molecule has 2 nitrogen and oxygen atoms in total. The first-order valence-corrected chi connectivity index (χ1v) is 15.1. The molecule has 206 valence electrons. The minimum absolute atomic E-state index is 0.0620. The van der Waals surface area contributed by atoms with Crippen LogP contribution in [-0.4, -0.2) is 4.98 Å². The summed E-state index contributed by atoms with van der Waals surface area (Å²) in [5.74, 6) is 0. The Hall–Kier alpha value is -4.69. The van der Waals surface area contributed by atoms with Gasteiger partial charge in [0.15, 0.2) is 0 Å². The maximum atomic E-state index is 4.86. The third-order valence-electron chi connectivity index (χ3n) is 9.34. The van der Waals surface area contributed by atoms with Gasteiger partial charge in [0.1, 0.15) is 0 Å². The fourth-order valence-corrected chi connectivity index (χ4v) is 6.97. The normalized spacial score (nSPS) is 13.1. The number of anilines is 3. The molecule has 0 N–H and O–H groups in total. The van der Waals surface area contributed by atoms with E-state index in [-0.39, 0.29) is 5.41 Å². The first-order valence-electron chi connectivity index (χ1n) is 15.1. The monoisotopic (exact) mass is 544 g/mol. The first-order chi connectivity index (χ1) is 20.5. The van der Waals surface area contributed by atoms with Crippen molar-refractivity contribution in [2.45, 2.75) is 46.0 Å². The number of hydrogen-bond donors (Lipinski definition) is 0. The van der Waals surface area contributed by atoms with E-state index in [4.69, 9.17) is 4.98 Å². The molecule has 0 spiro atoms. The van der Waals surface area contributed by atoms with Crippen molar-refractivity contribution in [1.29, 1.82) is 0 Å². The van der Waals surface area contributed by atoms with Crippen LogP contribution >= 0.6 is 0 Å². The van der Waals surface area contributed by atoms with Crippen molar-refractivity contribution in [3.05, 3.63) is 144 Å². The molecule has 7 rings (SSSR count). The maximum Gasteiger partial charge on any atom is 0.0780 e. The zero-order valence-electron chi connectivity index (χ0n) is 24.9. The van der Waals surface area contributed by atoms with Gasteiger partial charge in [0, 0.05) is 39.6 Å². The molecule has 0 amide bonds. The highest BCUT2D eigenvalue weighted by Crippen LogP contribution is 2.55. The number of rotatable bonds is 6. The second-order valence-corrected chi connectivity index (χ2v) is 11.7. The summed E-state index contributed by atoms with van der Waals surface area (Å²) in [5, 5.41) is 2.42. The topological polar surface area (TPSA) is 16.1 Å². The van der Waals surface area contributed by atoms with Gasteiger partial charge in [-0.2, -0.15) is 0 Å². The smallest absolute Gasteiger partial charge is 0.0780 e. The van der Waals surface area contributed by atoms with Gasteiger partial charge >= 0.3 is 0 Å². The van der Waals surface area contributed by atoms with E-state index in [1.807, 2.05) is 6.20 Å². The second-order valence-electron chi connectivity index (χ2n) is 11.7. The van der Waals surface area contributed by atoms with Gasteiger partial charge in [-0.1, -0.05) is 91.7 Å². The number of aromatic nitrogens is 1. The molecule has 0 saturated carbocycles. The van der Waals surface area contributed by atoms with Gasteiger partial charge in [0.25, 0.3) is 0 Å². The molecular weight excluding hydrogens is 508 g/mol. The predicted molar refractivity (Wildman–Crippen MR) is 178 cm³/mol. The highest BCUT2D eigenvalue weighted by atomic mass is 15.1. The molecule has 42 heavy (non-hydrogen) atoms. The van der Waals surface area contributed by atoms with E-state index in [9.17, 15) is 0 Å². The minimum Gasteiger partial charge on any atom is -0.310 e. The number of aryl methyl sites for hydroxylation is 2. The Balaban J connectivity index is 1.39. The van der Waals surface area contributed by atoms with E-state index in [1.165, 1.54) is 66.8 Å². The van der Waals surface area contributed by atoms with Crippen molar-refractivity contribution < 1.29 is 0 Å². The van der Waals surface area contributed by atoms with Crippen molar-refractivity contribution in [1.82, 2.24) is 4.98 Å². The van der Waals surface area contributed by atoms with Crippen molar-refractivity contribution in [3.63, 3.8) is 0 Å². The molecule has 0 bridgehead atoms. The van der Waals surface area contributed by atoms with Gasteiger partial charge in [0.2, 0.25) is 0 Å². The van der Waals surface area contributed by atoms with E-state index in [1.54, 1.807) is 0 Å². The van der Waals surface area contributed by atoms with E-state index in [0.717, 1.165) is 18.5 Å². The van der Waals surface area contributed by atoms with Crippen LogP contribution in [0.25, 0.3) is 33.2 Å². The van der Waals surface area contributed by atoms with Crippen molar-refractivity contribution in [2.75, 3.05) is 4.90 Å². The molecular formula is C40H36N2. The quantitative estimate of drug-likeness (QED) is 0.207. The largest absolute Gasteiger partial charge is 0.310 e. The van der Waals surface area contributed by atoms with Gasteiger partial charge in [-0.05, 0) is 103 Å². The molecule has 1 aliphatic rings. The van der Waals surface area contributed by atoms with Crippen LogP contribution in [0.5, 0.6) is 0 Å². The molecule has 6 aromatic rings. The summed E-state index contributed by atoms with van der Waals surface area (Å²) in [6.07, 6.45) is 4.01. The lowest BCUT2D eigenvalue weighted by molar-refractivity contribution is 0.490. The number of pyridine rings is 1. The summed E-state index contributed by atoms with van der Waals surface area (Å²) in [6, 6.07) is 42.5. The van der Waals surface area contributed by atoms with Crippen LogP contribution in [0, 0.1) is 13.8 Å². The Morgan fingerprint density at radius 2 is 1.17 bits per heavy atom. The number of benzene rings is 5. The lowest BCUT2D eigenvalue weighted by Gasteiger charge is -2.32. The molecule has 1 heterocycles. The molecule has 0 atom stereocenters. The van der Waals surface area contributed by atoms with Crippen molar-refractivity contribution in [2.24, 2.45) is 0 Å². The summed E-state index contributed by atoms with van der Waals surface area (Å²) in [5.41, 5.74) is 13.8. The van der Waals surface area contributed by atoms with Crippen LogP contribution in [0.2, 0.25) is 0 Å². The molecule has 0 aliphatic heterocycles. The third-order valence-corrected chi connectivity index (χ3v) is 9.34. The van der Waals surface area contributed by atoms with Gasteiger partial charge in [-0.25, -0.2) is 0 Å². The Morgan fingerprint density at radius 1 is 0.595 bits per heavy atom. The highest BCUT2D eigenvalue weighted by Gasteiger charge is 2.41. The number of nitrogens with zero attached hydrogens (tertiary/aromatic N) is 2. The summed E-state index contributed by atoms with van der Waals surface area (Å²) >= 11 is 0. The average molecular weight is 545 g/mol. The van der Waals surface area contributed by atoms with Gasteiger partial charge in [-0.3, -0.25) is 4.98 Å². The summed E-state index contributed by atoms with van der Waals surface area (Å²) in [7, 11) is 0. The van der Waals surface area contributed by atoms with Gasteiger partial charge in [-0.15, -0.1) is 0 Å². The molecule has 1 aromatic heterocycles. The molecule has 2 heteroatoms. The van der Waals surface area contributed by atoms with Crippen molar-refractivity contribution in [3.8, 4) is 22.4 Å².